The number of aryl methyl sites for hydroxylation is 1. The van der Waals surface area contributed by atoms with Crippen molar-refractivity contribution in [2.75, 3.05) is 18.0 Å². The monoisotopic (exact) mass is 307 g/mol. The number of hydrogen-bond acceptors (Lipinski definition) is 4. The number of anilines is 1. The van der Waals surface area contributed by atoms with Gasteiger partial charge in [0.2, 0.25) is 0 Å². The summed E-state index contributed by atoms with van der Waals surface area (Å²) >= 11 is 1.37. The number of aromatic nitrogens is 1. The van der Waals surface area contributed by atoms with E-state index >= 15 is 0 Å². The summed E-state index contributed by atoms with van der Waals surface area (Å²) in [6.45, 7) is 3.90. The van der Waals surface area contributed by atoms with E-state index in [1.165, 1.54) is 29.1 Å². The van der Waals surface area contributed by atoms with E-state index in [1.54, 1.807) is 0 Å². The molecule has 0 atom stereocenters. The molecule has 3 nitrogen and oxygen atoms in total. The molecule has 2 rings (SSSR count). The predicted molar refractivity (Wildman–Crippen MR) is 75.3 cm³/mol. The third kappa shape index (κ3) is 4.63. The number of alkyl halides is 3. The molecule has 0 aromatic carbocycles. The predicted octanol–water partition coefficient (Wildman–Crippen LogP) is 3.48. The van der Waals surface area contributed by atoms with E-state index < -0.39 is 12.7 Å². The highest BCUT2D eigenvalue weighted by molar-refractivity contribution is 7.15. The topological polar surface area (TPSA) is 28.2 Å². The Labute approximate surface area is 121 Å². The summed E-state index contributed by atoms with van der Waals surface area (Å²) in [6.07, 6.45) is -1.13. The standard InChI is InChI=1S/C13H20F3N3S/c1-3-6-19(8-13(14,15)16)12-18-9(2)11(20-12)7-17-10-4-5-10/h10,17H,3-8H2,1-2H3. The fourth-order valence-electron chi connectivity index (χ4n) is 1.97. The van der Waals surface area contributed by atoms with Gasteiger partial charge < -0.3 is 10.2 Å². The minimum Gasteiger partial charge on any atom is -0.339 e. The number of hydrogen-bond donors (Lipinski definition) is 1. The summed E-state index contributed by atoms with van der Waals surface area (Å²) in [7, 11) is 0. The van der Waals surface area contributed by atoms with Gasteiger partial charge in [-0.1, -0.05) is 6.92 Å². The zero-order valence-corrected chi connectivity index (χ0v) is 12.6. The van der Waals surface area contributed by atoms with Crippen LogP contribution in [0.2, 0.25) is 0 Å². The summed E-state index contributed by atoms with van der Waals surface area (Å²) in [5, 5.41) is 3.86. The van der Waals surface area contributed by atoms with Crippen molar-refractivity contribution in [1.29, 1.82) is 0 Å². The SMILES string of the molecule is CCCN(CC(F)(F)F)c1nc(C)c(CNC2CC2)s1. The van der Waals surface area contributed by atoms with E-state index in [9.17, 15) is 13.2 Å². The van der Waals surface area contributed by atoms with Crippen molar-refractivity contribution in [3.05, 3.63) is 10.6 Å². The van der Waals surface area contributed by atoms with E-state index in [0.29, 0.717) is 30.7 Å². The first kappa shape index (κ1) is 15.6. The van der Waals surface area contributed by atoms with Gasteiger partial charge in [-0.2, -0.15) is 13.2 Å². The molecule has 1 aliphatic carbocycles. The highest BCUT2D eigenvalue weighted by Gasteiger charge is 2.32. The second-order valence-corrected chi connectivity index (χ2v) is 6.26. The van der Waals surface area contributed by atoms with E-state index in [2.05, 4.69) is 10.3 Å². The molecule has 1 aliphatic rings. The maximum atomic E-state index is 12.6. The zero-order valence-electron chi connectivity index (χ0n) is 11.8. The molecule has 1 N–H and O–H groups in total. The Morgan fingerprint density at radius 3 is 2.65 bits per heavy atom. The lowest BCUT2D eigenvalue weighted by Gasteiger charge is -2.22. The molecule has 1 heterocycles. The van der Waals surface area contributed by atoms with Crippen LogP contribution in [0.1, 0.15) is 36.8 Å². The number of thiazole rings is 1. The van der Waals surface area contributed by atoms with Crippen LogP contribution in [0.15, 0.2) is 0 Å². The van der Waals surface area contributed by atoms with Gasteiger partial charge in [-0.05, 0) is 26.2 Å². The van der Waals surface area contributed by atoms with Gasteiger partial charge in [0.15, 0.2) is 5.13 Å². The smallest absolute Gasteiger partial charge is 0.339 e. The Hall–Kier alpha value is -0.820. The average molecular weight is 307 g/mol. The lowest BCUT2D eigenvalue weighted by Crippen LogP contribution is -2.34. The van der Waals surface area contributed by atoms with E-state index in [4.69, 9.17) is 0 Å². The van der Waals surface area contributed by atoms with Crippen molar-refractivity contribution in [3.63, 3.8) is 0 Å². The molecular weight excluding hydrogens is 287 g/mol. The van der Waals surface area contributed by atoms with Crippen LogP contribution in [0.4, 0.5) is 18.3 Å². The molecule has 7 heteroatoms. The Morgan fingerprint density at radius 1 is 1.40 bits per heavy atom. The van der Waals surface area contributed by atoms with Gasteiger partial charge in [0, 0.05) is 24.0 Å². The molecule has 20 heavy (non-hydrogen) atoms. The zero-order chi connectivity index (χ0) is 14.8. The van der Waals surface area contributed by atoms with Crippen molar-refractivity contribution >= 4 is 16.5 Å². The molecule has 0 bridgehead atoms. The summed E-state index contributed by atoms with van der Waals surface area (Å²) in [6, 6.07) is 0.585. The third-order valence-electron chi connectivity index (χ3n) is 3.14. The summed E-state index contributed by atoms with van der Waals surface area (Å²) in [5.74, 6) is 0. The van der Waals surface area contributed by atoms with Crippen molar-refractivity contribution < 1.29 is 13.2 Å². The normalized spacial score (nSPS) is 15.7. The lowest BCUT2D eigenvalue weighted by molar-refractivity contribution is -0.119. The molecule has 114 valence electrons. The fraction of sp³-hybridized carbons (Fsp3) is 0.769. The first-order valence-corrected chi connectivity index (χ1v) is 7.72. The Morgan fingerprint density at radius 2 is 2.10 bits per heavy atom. The molecule has 0 amide bonds. The number of nitrogens with one attached hydrogen (secondary N) is 1. The van der Waals surface area contributed by atoms with Crippen LogP contribution in [0.3, 0.4) is 0 Å². The van der Waals surface area contributed by atoms with E-state index in [1.807, 2.05) is 13.8 Å². The number of rotatable bonds is 7. The summed E-state index contributed by atoms with van der Waals surface area (Å²) in [5.41, 5.74) is 0.835. The maximum Gasteiger partial charge on any atom is 0.406 e. The fourth-order valence-corrected chi connectivity index (χ4v) is 3.00. The van der Waals surface area contributed by atoms with Gasteiger partial charge >= 0.3 is 6.18 Å². The van der Waals surface area contributed by atoms with Crippen molar-refractivity contribution in [3.8, 4) is 0 Å². The van der Waals surface area contributed by atoms with Gasteiger partial charge in [-0.3, -0.25) is 0 Å². The Kier molecular flexibility index (Phi) is 4.90. The lowest BCUT2D eigenvalue weighted by atomic mass is 10.4. The van der Waals surface area contributed by atoms with Gasteiger partial charge in [-0.25, -0.2) is 4.98 Å². The molecule has 0 radical (unpaired) electrons. The first-order valence-electron chi connectivity index (χ1n) is 6.90. The maximum absolute atomic E-state index is 12.6. The molecule has 1 aromatic rings. The van der Waals surface area contributed by atoms with Crippen LogP contribution in [0, 0.1) is 6.92 Å². The Balaban J connectivity index is 2.05. The summed E-state index contributed by atoms with van der Waals surface area (Å²) < 4.78 is 37.8. The molecule has 1 aromatic heterocycles. The van der Waals surface area contributed by atoms with Gasteiger partial charge in [-0.15, -0.1) is 11.3 Å². The third-order valence-corrected chi connectivity index (χ3v) is 4.36. The van der Waals surface area contributed by atoms with Gasteiger partial charge in [0.1, 0.15) is 6.54 Å². The second-order valence-electron chi connectivity index (χ2n) is 5.20. The highest BCUT2D eigenvalue weighted by Crippen LogP contribution is 2.30. The molecule has 0 saturated heterocycles. The summed E-state index contributed by atoms with van der Waals surface area (Å²) in [4.78, 5) is 6.69. The van der Waals surface area contributed by atoms with Crippen LogP contribution in [-0.4, -0.2) is 30.3 Å². The van der Waals surface area contributed by atoms with Gasteiger partial charge in [0.25, 0.3) is 0 Å². The van der Waals surface area contributed by atoms with E-state index in [-0.39, 0.29) is 0 Å². The largest absolute Gasteiger partial charge is 0.406 e. The van der Waals surface area contributed by atoms with Crippen molar-refractivity contribution in [2.24, 2.45) is 0 Å². The van der Waals surface area contributed by atoms with E-state index in [0.717, 1.165) is 10.6 Å². The van der Waals surface area contributed by atoms with Gasteiger partial charge in [0.05, 0.1) is 5.69 Å². The molecule has 1 saturated carbocycles. The molecule has 0 aliphatic heterocycles. The van der Waals surface area contributed by atoms with Crippen LogP contribution >= 0.6 is 11.3 Å². The molecule has 1 fully saturated rings. The van der Waals surface area contributed by atoms with Crippen LogP contribution < -0.4 is 10.2 Å². The van der Waals surface area contributed by atoms with Crippen molar-refractivity contribution in [2.45, 2.75) is 51.9 Å². The van der Waals surface area contributed by atoms with Crippen molar-refractivity contribution in [1.82, 2.24) is 10.3 Å². The van der Waals surface area contributed by atoms with Crippen LogP contribution in [-0.2, 0) is 6.54 Å². The Bertz CT molecular complexity index is 441. The second kappa shape index (κ2) is 6.30. The van der Waals surface area contributed by atoms with Crippen LogP contribution in [0.5, 0.6) is 0 Å². The van der Waals surface area contributed by atoms with Crippen LogP contribution in [0.25, 0.3) is 0 Å². The highest BCUT2D eigenvalue weighted by atomic mass is 32.1. The quantitative estimate of drug-likeness (QED) is 0.836. The number of nitrogens with zero attached hydrogens (tertiary/aromatic N) is 2. The molecule has 0 unspecified atom stereocenters. The molecular formula is C13H20F3N3S. The molecule has 0 spiro atoms. The number of halogens is 3. The minimum absolute atomic E-state index is 0.377. The first-order chi connectivity index (χ1) is 9.39. The average Bonchev–Trinajstić information content (AvgIpc) is 3.08. The minimum atomic E-state index is -4.19.